The first kappa shape index (κ1) is 16.7. The average molecular weight is 382 g/mol. The van der Waals surface area contributed by atoms with Crippen molar-refractivity contribution >= 4 is 31.7 Å². The van der Waals surface area contributed by atoms with Gasteiger partial charge < -0.3 is 5.32 Å². The third-order valence-corrected chi connectivity index (χ3v) is 5.13. The first-order valence-electron chi connectivity index (χ1n) is 6.65. The molecule has 22 heavy (non-hydrogen) atoms. The highest BCUT2D eigenvalue weighted by atomic mass is 79.9. The fourth-order valence-corrected chi connectivity index (χ4v) is 3.67. The zero-order valence-electron chi connectivity index (χ0n) is 12.2. The summed E-state index contributed by atoms with van der Waals surface area (Å²) in [7, 11) is -3.46. The van der Waals surface area contributed by atoms with Crippen molar-refractivity contribution in [3.63, 3.8) is 0 Å². The normalized spacial score (nSPS) is 12.7. The summed E-state index contributed by atoms with van der Waals surface area (Å²) in [6, 6.07) is 13.5. The van der Waals surface area contributed by atoms with Crippen LogP contribution in [0.5, 0.6) is 0 Å². The zero-order valence-corrected chi connectivity index (χ0v) is 14.6. The number of carbonyl (C=O) groups is 1. The SMILES string of the molecule is C[C@H](NC(=O)c1ccccc1S(C)(=O)=O)c1ccccc1Br. The first-order valence-corrected chi connectivity index (χ1v) is 9.33. The van der Waals surface area contributed by atoms with Gasteiger partial charge in [0.2, 0.25) is 0 Å². The van der Waals surface area contributed by atoms with Crippen LogP contribution in [-0.2, 0) is 9.84 Å². The van der Waals surface area contributed by atoms with E-state index in [4.69, 9.17) is 0 Å². The molecule has 2 rings (SSSR count). The van der Waals surface area contributed by atoms with Gasteiger partial charge in [-0.25, -0.2) is 8.42 Å². The van der Waals surface area contributed by atoms with E-state index in [0.29, 0.717) is 0 Å². The standard InChI is InChI=1S/C16H16BrNO3S/c1-11(12-7-3-5-9-14(12)17)18-16(19)13-8-4-6-10-15(13)22(2,20)21/h3-11H,1-2H3,(H,18,19)/t11-/m0/s1. The van der Waals surface area contributed by atoms with E-state index in [1.807, 2.05) is 31.2 Å². The Morgan fingerprint density at radius 1 is 1.09 bits per heavy atom. The molecule has 4 nitrogen and oxygen atoms in total. The number of rotatable bonds is 4. The van der Waals surface area contributed by atoms with E-state index in [9.17, 15) is 13.2 Å². The van der Waals surface area contributed by atoms with Crippen molar-refractivity contribution in [1.82, 2.24) is 5.32 Å². The van der Waals surface area contributed by atoms with Crippen LogP contribution in [0.2, 0.25) is 0 Å². The molecule has 2 aromatic rings. The van der Waals surface area contributed by atoms with Crippen LogP contribution in [-0.4, -0.2) is 20.6 Å². The highest BCUT2D eigenvalue weighted by Gasteiger charge is 2.20. The molecular formula is C16H16BrNO3S. The molecule has 0 saturated carbocycles. The molecule has 116 valence electrons. The van der Waals surface area contributed by atoms with Gasteiger partial charge in [-0.1, -0.05) is 46.3 Å². The van der Waals surface area contributed by atoms with E-state index < -0.39 is 15.7 Å². The Balaban J connectivity index is 2.29. The molecule has 0 heterocycles. The van der Waals surface area contributed by atoms with E-state index in [1.54, 1.807) is 12.1 Å². The molecule has 2 aromatic carbocycles. The van der Waals surface area contributed by atoms with Crippen LogP contribution in [0.4, 0.5) is 0 Å². The topological polar surface area (TPSA) is 63.2 Å². The van der Waals surface area contributed by atoms with Crippen molar-refractivity contribution in [2.45, 2.75) is 17.9 Å². The molecule has 0 unspecified atom stereocenters. The van der Waals surface area contributed by atoms with Gasteiger partial charge in [-0.15, -0.1) is 0 Å². The van der Waals surface area contributed by atoms with Gasteiger partial charge >= 0.3 is 0 Å². The van der Waals surface area contributed by atoms with Crippen LogP contribution in [0.3, 0.4) is 0 Å². The van der Waals surface area contributed by atoms with Crippen LogP contribution in [0, 0.1) is 0 Å². The molecule has 0 aliphatic carbocycles. The molecule has 0 fully saturated rings. The molecular weight excluding hydrogens is 366 g/mol. The molecule has 0 radical (unpaired) electrons. The third-order valence-electron chi connectivity index (χ3n) is 3.25. The van der Waals surface area contributed by atoms with Gasteiger partial charge in [-0.3, -0.25) is 4.79 Å². The van der Waals surface area contributed by atoms with Crippen molar-refractivity contribution in [2.75, 3.05) is 6.26 Å². The third kappa shape index (κ3) is 3.75. The van der Waals surface area contributed by atoms with E-state index in [0.717, 1.165) is 16.3 Å². The van der Waals surface area contributed by atoms with Crippen molar-refractivity contribution in [1.29, 1.82) is 0 Å². The summed E-state index contributed by atoms with van der Waals surface area (Å²) < 4.78 is 24.4. The van der Waals surface area contributed by atoms with Crippen LogP contribution < -0.4 is 5.32 Å². The van der Waals surface area contributed by atoms with E-state index >= 15 is 0 Å². The Labute approximate surface area is 138 Å². The molecule has 0 bridgehead atoms. The minimum Gasteiger partial charge on any atom is -0.345 e. The average Bonchev–Trinajstić information content (AvgIpc) is 2.46. The highest BCUT2D eigenvalue weighted by molar-refractivity contribution is 9.10. The number of hydrogen-bond acceptors (Lipinski definition) is 3. The lowest BCUT2D eigenvalue weighted by atomic mass is 10.1. The molecule has 0 aliphatic rings. The molecule has 6 heteroatoms. The zero-order chi connectivity index (χ0) is 16.3. The molecule has 1 amide bonds. The van der Waals surface area contributed by atoms with Gasteiger partial charge in [0.05, 0.1) is 16.5 Å². The molecule has 1 atom stereocenters. The second kappa shape index (κ2) is 6.62. The van der Waals surface area contributed by atoms with Crippen LogP contribution in [0.25, 0.3) is 0 Å². The predicted molar refractivity (Wildman–Crippen MR) is 89.6 cm³/mol. The molecule has 0 aliphatic heterocycles. The minimum atomic E-state index is -3.46. The minimum absolute atomic E-state index is 0.0341. The maximum Gasteiger partial charge on any atom is 0.253 e. The molecule has 0 aromatic heterocycles. The van der Waals surface area contributed by atoms with Crippen molar-refractivity contribution < 1.29 is 13.2 Å². The maximum atomic E-state index is 12.4. The number of nitrogens with one attached hydrogen (secondary N) is 1. The summed E-state index contributed by atoms with van der Waals surface area (Å²) in [6.07, 6.45) is 1.09. The molecule has 0 spiro atoms. The number of carbonyl (C=O) groups excluding carboxylic acids is 1. The molecule has 0 saturated heterocycles. The Morgan fingerprint density at radius 2 is 1.68 bits per heavy atom. The van der Waals surface area contributed by atoms with Gasteiger partial charge in [0.15, 0.2) is 9.84 Å². The second-order valence-electron chi connectivity index (χ2n) is 4.98. The summed E-state index contributed by atoms with van der Waals surface area (Å²) in [6.45, 7) is 1.85. The van der Waals surface area contributed by atoms with Gasteiger partial charge in [0.25, 0.3) is 5.91 Å². The van der Waals surface area contributed by atoms with E-state index in [1.165, 1.54) is 12.1 Å². The highest BCUT2D eigenvalue weighted by Crippen LogP contribution is 2.23. The second-order valence-corrected chi connectivity index (χ2v) is 7.82. The van der Waals surface area contributed by atoms with Crippen LogP contribution >= 0.6 is 15.9 Å². The summed E-state index contributed by atoms with van der Waals surface area (Å²) in [5.41, 5.74) is 1.08. The number of hydrogen-bond donors (Lipinski definition) is 1. The van der Waals surface area contributed by atoms with E-state index in [2.05, 4.69) is 21.2 Å². The van der Waals surface area contributed by atoms with Gasteiger partial charge in [-0.05, 0) is 30.7 Å². The maximum absolute atomic E-state index is 12.4. The number of benzene rings is 2. The summed E-state index contributed by atoms with van der Waals surface area (Å²) in [5.74, 6) is -0.413. The lowest BCUT2D eigenvalue weighted by Crippen LogP contribution is -2.28. The predicted octanol–water partition coefficient (Wildman–Crippen LogP) is 3.34. The number of halogens is 1. The Bertz CT molecular complexity index is 803. The number of sulfone groups is 1. The summed E-state index contributed by atoms with van der Waals surface area (Å²) in [5, 5.41) is 2.83. The summed E-state index contributed by atoms with van der Waals surface area (Å²) in [4.78, 5) is 12.5. The Morgan fingerprint density at radius 3 is 2.32 bits per heavy atom. The largest absolute Gasteiger partial charge is 0.345 e. The quantitative estimate of drug-likeness (QED) is 0.882. The first-order chi connectivity index (χ1) is 10.3. The monoisotopic (exact) mass is 381 g/mol. The van der Waals surface area contributed by atoms with Crippen molar-refractivity contribution in [2.24, 2.45) is 0 Å². The summed E-state index contributed by atoms with van der Waals surface area (Å²) >= 11 is 3.44. The Kier molecular flexibility index (Phi) is 5.03. The van der Waals surface area contributed by atoms with Crippen molar-refractivity contribution in [3.05, 3.63) is 64.1 Å². The molecule has 1 N–H and O–H groups in total. The van der Waals surface area contributed by atoms with Crippen molar-refractivity contribution in [3.8, 4) is 0 Å². The van der Waals surface area contributed by atoms with E-state index in [-0.39, 0.29) is 16.5 Å². The van der Waals surface area contributed by atoms with Crippen LogP contribution in [0.15, 0.2) is 57.9 Å². The van der Waals surface area contributed by atoms with Gasteiger partial charge in [0, 0.05) is 10.7 Å². The fourth-order valence-electron chi connectivity index (χ4n) is 2.16. The van der Waals surface area contributed by atoms with Gasteiger partial charge in [0.1, 0.15) is 0 Å². The smallest absolute Gasteiger partial charge is 0.253 e. The van der Waals surface area contributed by atoms with Gasteiger partial charge in [-0.2, -0.15) is 0 Å². The Hall–Kier alpha value is -1.66. The fraction of sp³-hybridized carbons (Fsp3) is 0.188. The lowest BCUT2D eigenvalue weighted by molar-refractivity contribution is 0.0936. The number of amides is 1. The lowest BCUT2D eigenvalue weighted by Gasteiger charge is -2.17. The van der Waals surface area contributed by atoms with Crippen LogP contribution in [0.1, 0.15) is 28.9 Å².